The molecule has 5 rings (SSSR count). The van der Waals surface area contributed by atoms with Crippen LogP contribution < -0.4 is 0 Å². The normalized spacial score (nSPS) is 49.3. The largest absolute Gasteiger partial charge is 0.465 e. The van der Waals surface area contributed by atoms with Gasteiger partial charge in [-0.1, -0.05) is 41.2 Å². The van der Waals surface area contributed by atoms with Gasteiger partial charge in [0.15, 0.2) is 0 Å². The molecule has 0 radical (unpaired) electrons. The van der Waals surface area contributed by atoms with Crippen LogP contribution in [0.15, 0.2) is 12.2 Å². The lowest BCUT2D eigenvalue weighted by Crippen LogP contribution is -2.66. The monoisotopic (exact) mass is 498 g/mol. The highest BCUT2D eigenvalue weighted by Gasteiger charge is 2.71. The smallest absolute Gasteiger partial charge is 0.302 e. The molecule has 1 N–H and O–H groups in total. The van der Waals surface area contributed by atoms with Crippen molar-refractivity contribution in [2.45, 2.75) is 106 Å². The van der Waals surface area contributed by atoms with Crippen LogP contribution >= 0.6 is 0 Å². The number of rotatable bonds is 4. The van der Waals surface area contributed by atoms with E-state index in [0.717, 1.165) is 44.1 Å². The van der Waals surface area contributed by atoms with E-state index < -0.39 is 0 Å². The SMILES string of the molecule is C=C(CO)[C@@H]1CC[C@]2(COC(C)=O)CC[C@]3(C)[C@H](CC[C@@H]4[C@@]5(C)CCC(=O)C(C)(C)[C@@H]5CC[C@]43C)[C@@H]12. The topological polar surface area (TPSA) is 63.6 Å². The first kappa shape index (κ1) is 26.4. The summed E-state index contributed by atoms with van der Waals surface area (Å²) in [6, 6.07) is 0. The average molecular weight is 499 g/mol. The maximum atomic E-state index is 13.0. The number of ketones is 1. The summed E-state index contributed by atoms with van der Waals surface area (Å²) in [5, 5.41) is 10.1. The Hall–Kier alpha value is -1.16. The Kier molecular flexibility index (Phi) is 6.18. The molecule has 9 atom stereocenters. The number of carbonyl (C=O) groups is 2. The molecule has 0 bridgehead atoms. The predicted octanol–water partition coefficient (Wildman–Crippen LogP) is 6.75. The molecule has 0 amide bonds. The van der Waals surface area contributed by atoms with Crippen molar-refractivity contribution in [2.24, 2.45) is 56.7 Å². The van der Waals surface area contributed by atoms with Crippen LogP contribution in [0.4, 0.5) is 0 Å². The number of aliphatic hydroxyl groups excluding tert-OH is 1. The molecule has 4 heteroatoms. The van der Waals surface area contributed by atoms with Crippen LogP contribution in [0, 0.1) is 56.7 Å². The maximum absolute atomic E-state index is 13.0. The van der Waals surface area contributed by atoms with Gasteiger partial charge in [-0.25, -0.2) is 0 Å². The van der Waals surface area contributed by atoms with Crippen molar-refractivity contribution < 1.29 is 19.4 Å². The van der Waals surface area contributed by atoms with Crippen molar-refractivity contribution in [2.75, 3.05) is 13.2 Å². The quantitative estimate of drug-likeness (QED) is 0.344. The number of Topliss-reactive ketones (excluding diaryl/α,β-unsaturated/α-hetero) is 1. The summed E-state index contributed by atoms with van der Waals surface area (Å²) in [4.78, 5) is 24.8. The Morgan fingerprint density at radius 2 is 1.67 bits per heavy atom. The third kappa shape index (κ3) is 3.34. The fourth-order valence-corrected chi connectivity index (χ4v) is 11.6. The highest BCUT2D eigenvalue weighted by atomic mass is 16.5. The van der Waals surface area contributed by atoms with Crippen molar-refractivity contribution in [3.05, 3.63) is 12.2 Å². The summed E-state index contributed by atoms with van der Waals surface area (Å²) in [5.41, 5.74) is 1.44. The van der Waals surface area contributed by atoms with Gasteiger partial charge in [0.05, 0.1) is 13.2 Å². The molecule has 0 aromatic heterocycles. The van der Waals surface area contributed by atoms with Crippen molar-refractivity contribution in [3.8, 4) is 0 Å². The Morgan fingerprint density at radius 1 is 0.944 bits per heavy atom. The van der Waals surface area contributed by atoms with Gasteiger partial charge < -0.3 is 9.84 Å². The van der Waals surface area contributed by atoms with E-state index in [1.807, 2.05) is 0 Å². The van der Waals surface area contributed by atoms with Crippen LogP contribution in [-0.2, 0) is 14.3 Å². The van der Waals surface area contributed by atoms with Crippen LogP contribution in [0.1, 0.15) is 106 Å². The third-order valence-electron chi connectivity index (χ3n) is 13.6. The summed E-state index contributed by atoms with van der Waals surface area (Å²) in [5.74, 6) is 2.69. The van der Waals surface area contributed by atoms with Crippen molar-refractivity contribution in [1.82, 2.24) is 0 Å². The molecule has 0 aliphatic heterocycles. The summed E-state index contributed by atoms with van der Waals surface area (Å²) in [6.45, 7) is 18.6. The van der Waals surface area contributed by atoms with Crippen LogP contribution in [0.5, 0.6) is 0 Å². The molecule has 4 nitrogen and oxygen atoms in total. The molecule has 0 heterocycles. The van der Waals surface area contributed by atoms with Gasteiger partial charge in [0.25, 0.3) is 0 Å². The Bertz CT molecular complexity index is 952. The van der Waals surface area contributed by atoms with E-state index in [4.69, 9.17) is 4.74 Å². The number of aliphatic hydroxyl groups is 1. The lowest BCUT2D eigenvalue weighted by atomic mass is 9.32. The Balaban J connectivity index is 1.53. The minimum absolute atomic E-state index is 0.0160. The minimum atomic E-state index is -0.215. The summed E-state index contributed by atoms with van der Waals surface area (Å²) >= 11 is 0. The maximum Gasteiger partial charge on any atom is 0.302 e. The van der Waals surface area contributed by atoms with Crippen LogP contribution in [-0.4, -0.2) is 30.1 Å². The van der Waals surface area contributed by atoms with Gasteiger partial charge in [-0.05, 0) is 109 Å². The van der Waals surface area contributed by atoms with Gasteiger partial charge >= 0.3 is 5.97 Å². The first-order valence-corrected chi connectivity index (χ1v) is 14.7. The van der Waals surface area contributed by atoms with E-state index in [1.54, 1.807) is 0 Å². The van der Waals surface area contributed by atoms with Gasteiger partial charge in [-0.2, -0.15) is 0 Å². The number of ether oxygens (including phenoxy) is 1. The fraction of sp³-hybridized carbons (Fsp3) is 0.875. The van der Waals surface area contributed by atoms with Crippen molar-refractivity contribution in [3.63, 3.8) is 0 Å². The van der Waals surface area contributed by atoms with Gasteiger partial charge in [-0.15, -0.1) is 0 Å². The minimum Gasteiger partial charge on any atom is -0.465 e. The van der Waals surface area contributed by atoms with Crippen LogP contribution in [0.3, 0.4) is 0 Å². The second kappa shape index (κ2) is 8.42. The molecule has 0 unspecified atom stereocenters. The number of hydrogen-bond donors (Lipinski definition) is 1. The summed E-state index contributed by atoms with van der Waals surface area (Å²) in [6.07, 6.45) is 11.0. The molecule has 202 valence electrons. The lowest BCUT2D eigenvalue weighted by molar-refractivity contribution is -0.237. The van der Waals surface area contributed by atoms with Gasteiger partial charge in [0.2, 0.25) is 0 Å². The van der Waals surface area contributed by atoms with Gasteiger partial charge in [0.1, 0.15) is 5.78 Å². The molecule has 5 aliphatic rings. The molecule has 5 aliphatic carbocycles. The van der Waals surface area contributed by atoms with E-state index in [1.165, 1.54) is 32.6 Å². The number of hydrogen-bond acceptors (Lipinski definition) is 4. The van der Waals surface area contributed by atoms with E-state index in [-0.39, 0.29) is 39.7 Å². The summed E-state index contributed by atoms with van der Waals surface area (Å²) in [7, 11) is 0. The molecule has 0 spiro atoms. The third-order valence-corrected chi connectivity index (χ3v) is 13.6. The second-order valence-electron chi connectivity index (χ2n) is 14.9. The average Bonchev–Trinajstić information content (AvgIpc) is 3.20. The van der Waals surface area contributed by atoms with Gasteiger partial charge in [-0.3, -0.25) is 9.59 Å². The van der Waals surface area contributed by atoms with E-state index in [9.17, 15) is 14.7 Å². The zero-order chi connectivity index (χ0) is 26.3. The first-order valence-electron chi connectivity index (χ1n) is 14.7. The number of fused-ring (bicyclic) bond motifs is 7. The Labute approximate surface area is 219 Å². The number of carbonyl (C=O) groups excluding carboxylic acids is 2. The van der Waals surface area contributed by atoms with Crippen molar-refractivity contribution >= 4 is 11.8 Å². The lowest BCUT2D eigenvalue weighted by Gasteiger charge is -2.72. The van der Waals surface area contributed by atoms with Crippen LogP contribution in [0.25, 0.3) is 0 Å². The highest BCUT2D eigenvalue weighted by Crippen LogP contribution is 2.77. The van der Waals surface area contributed by atoms with E-state index in [2.05, 4.69) is 41.2 Å². The summed E-state index contributed by atoms with van der Waals surface area (Å²) < 4.78 is 5.75. The standard InChI is InChI=1S/C32H50O4/c1-20(18-33)22-10-15-32(19-36-21(2)34)17-16-30(6)23(27(22)32)8-9-25-29(5)13-12-26(35)28(3,4)24(29)11-14-31(25,30)7/h22-25,27,33H,1,8-19H2,2-7H3/t22-,23+,24-,25+,27+,29-,30+,31+,32+/m0/s1. The van der Waals surface area contributed by atoms with E-state index in [0.29, 0.717) is 42.0 Å². The van der Waals surface area contributed by atoms with Crippen LogP contribution in [0.2, 0.25) is 0 Å². The zero-order valence-electron chi connectivity index (χ0n) is 23.8. The zero-order valence-corrected chi connectivity index (χ0v) is 23.8. The van der Waals surface area contributed by atoms with Gasteiger partial charge in [0, 0.05) is 24.2 Å². The molecule has 5 saturated carbocycles. The molecule has 0 aromatic rings. The fourth-order valence-electron chi connectivity index (χ4n) is 11.6. The molecule has 36 heavy (non-hydrogen) atoms. The first-order chi connectivity index (χ1) is 16.8. The molecular weight excluding hydrogens is 448 g/mol. The number of esters is 1. The Morgan fingerprint density at radius 3 is 2.33 bits per heavy atom. The highest BCUT2D eigenvalue weighted by molar-refractivity contribution is 5.85. The molecular formula is C32H50O4. The van der Waals surface area contributed by atoms with E-state index >= 15 is 0 Å². The molecule has 5 fully saturated rings. The second-order valence-corrected chi connectivity index (χ2v) is 14.9. The molecule has 0 saturated heterocycles. The van der Waals surface area contributed by atoms with Crippen molar-refractivity contribution in [1.29, 1.82) is 0 Å². The molecule has 0 aromatic carbocycles. The predicted molar refractivity (Wildman–Crippen MR) is 142 cm³/mol.